The molecule has 1 aliphatic heterocycles. The van der Waals surface area contributed by atoms with Gasteiger partial charge in [-0.3, -0.25) is 0 Å². The number of hydrogen-bond donors (Lipinski definition) is 3. The molecule has 32 heavy (non-hydrogen) atoms. The molecular weight excluding hydrogens is 418 g/mol. The van der Waals surface area contributed by atoms with Gasteiger partial charge in [0.15, 0.2) is 0 Å². The molecule has 0 radical (unpaired) electrons. The van der Waals surface area contributed by atoms with Gasteiger partial charge in [0, 0.05) is 12.6 Å². The molecule has 3 N–H and O–H groups in total. The number of rotatable bonds is 9. The fourth-order valence-electron chi connectivity index (χ4n) is 4.23. The van der Waals surface area contributed by atoms with E-state index >= 15 is 0 Å². The van der Waals surface area contributed by atoms with Crippen LogP contribution < -0.4 is 15.4 Å². The molecular formula is C26H31N3O2S. The van der Waals surface area contributed by atoms with E-state index in [-0.39, 0.29) is 10.9 Å². The first-order valence-corrected chi connectivity index (χ1v) is 12.7. The van der Waals surface area contributed by atoms with Gasteiger partial charge >= 0.3 is 0 Å². The zero-order valence-electron chi connectivity index (χ0n) is 18.4. The Balaban J connectivity index is 1.69. The van der Waals surface area contributed by atoms with Crippen molar-refractivity contribution in [1.82, 2.24) is 15.4 Å². The van der Waals surface area contributed by atoms with Crippen LogP contribution in [0.4, 0.5) is 0 Å². The summed E-state index contributed by atoms with van der Waals surface area (Å²) in [6, 6.07) is 26.5. The topological polar surface area (TPSA) is 70.2 Å². The van der Waals surface area contributed by atoms with E-state index in [9.17, 15) is 8.42 Å². The summed E-state index contributed by atoms with van der Waals surface area (Å²) in [7, 11) is -3.72. The minimum atomic E-state index is -3.72. The van der Waals surface area contributed by atoms with Crippen LogP contribution in [0.25, 0.3) is 0 Å². The zero-order valence-corrected chi connectivity index (χ0v) is 19.2. The van der Waals surface area contributed by atoms with E-state index in [4.69, 9.17) is 0 Å². The van der Waals surface area contributed by atoms with Crippen LogP contribution in [-0.4, -0.2) is 27.5 Å². The summed E-state index contributed by atoms with van der Waals surface area (Å²) in [4.78, 5) is 0.272. The van der Waals surface area contributed by atoms with E-state index in [1.54, 1.807) is 12.1 Å². The Morgan fingerprint density at radius 1 is 0.875 bits per heavy atom. The van der Waals surface area contributed by atoms with Crippen molar-refractivity contribution < 1.29 is 8.42 Å². The first-order chi connectivity index (χ1) is 15.5. The largest absolute Gasteiger partial charge is 0.313 e. The van der Waals surface area contributed by atoms with E-state index in [2.05, 4.69) is 27.5 Å². The quantitative estimate of drug-likeness (QED) is 0.460. The third kappa shape index (κ3) is 5.64. The smallest absolute Gasteiger partial charge is 0.241 e. The number of nitrogens with one attached hydrogen (secondary N) is 3. The highest BCUT2D eigenvalue weighted by Crippen LogP contribution is 2.31. The Morgan fingerprint density at radius 2 is 1.47 bits per heavy atom. The monoisotopic (exact) mass is 449 g/mol. The van der Waals surface area contributed by atoms with Crippen molar-refractivity contribution in [3.63, 3.8) is 0 Å². The molecule has 3 aromatic carbocycles. The number of aryl methyl sites for hydroxylation is 1. The van der Waals surface area contributed by atoms with Crippen LogP contribution in [0.1, 0.15) is 41.6 Å². The second-order valence-electron chi connectivity index (χ2n) is 8.41. The van der Waals surface area contributed by atoms with Crippen molar-refractivity contribution in [1.29, 1.82) is 0 Å². The maximum Gasteiger partial charge on any atom is 0.241 e. The van der Waals surface area contributed by atoms with E-state index in [1.807, 2.05) is 67.6 Å². The Bertz CT molecular complexity index is 1080. The third-order valence-corrected chi connectivity index (χ3v) is 7.47. The second-order valence-corrected chi connectivity index (χ2v) is 10.1. The average Bonchev–Trinajstić information content (AvgIpc) is 3.34. The Labute approximate surface area is 191 Å². The highest BCUT2D eigenvalue weighted by molar-refractivity contribution is 7.89. The molecule has 1 heterocycles. The number of hydrogen-bond acceptors (Lipinski definition) is 4. The SMILES string of the molecule is Cc1ccc(S(=O)(=O)N[C@@H](c2ccccc2)[C@@H](NC[C@@H]2CCCN2)c2ccccc2)cc1. The van der Waals surface area contributed by atoms with Gasteiger partial charge in [-0.15, -0.1) is 0 Å². The average molecular weight is 450 g/mol. The molecule has 0 amide bonds. The lowest BCUT2D eigenvalue weighted by Gasteiger charge is -2.31. The van der Waals surface area contributed by atoms with Crippen LogP contribution in [0.3, 0.4) is 0 Å². The third-order valence-electron chi connectivity index (χ3n) is 6.01. The van der Waals surface area contributed by atoms with Gasteiger partial charge in [0.25, 0.3) is 0 Å². The molecule has 3 aromatic rings. The predicted molar refractivity (Wildman–Crippen MR) is 129 cm³/mol. The van der Waals surface area contributed by atoms with Gasteiger partial charge in [-0.25, -0.2) is 13.1 Å². The van der Waals surface area contributed by atoms with Crippen molar-refractivity contribution in [2.24, 2.45) is 0 Å². The van der Waals surface area contributed by atoms with E-state index in [0.717, 1.165) is 36.2 Å². The zero-order chi connectivity index (χ0) is 22.4. The molecule has 0 aliphatic carbocycles. The fourth-order valence-corrected chi connectivity index (χ4v) is 5.47. The van der Waals surface area contributed by atoms with Crippen LogP contribution >= 0.6 is 0 Å². The van der Waals surface area contributed by atoms with E-state index in [1.165, 1.54) is 6.42 Å². The molecule has 5 nitrogen and oxygen atoms in total. The molecule has 1 fully saturated rings. The predicted octanol–water partition coefficient (Wildman–Crippen LogP) is 4.10. The van der Waals surface area contributed by atoms with Crippen molar-refractivity contribution >= 4 is 10.0 Å². The van der Waals surface area contributed by atoms with Crippen molar-refractivity contribution in [2.75, 3.05) is 13.1 Å². The highest BCUT2D eigenvalue weighted by atomic mass is 32.2. The molecule has 0 unspecified atom stereocenters. The maximum atomic E-state index is 13.4. The Kier molecular flexibility index (Phi) is 7.37. The second kappa shape index (κ2) is 10.4. The molecule has 4 rings (SSSR count). The van der Waals surface area contributed by atoms with E-state index < -0.39 is 16.1 Å². The summed E-state index contributed by atoms with van der Waals surface area (Å²) >= 11 is 0. The molecule has 0 spiro atoms. The minimum Gasteiger partial charge on any atom is -0.313 e. The van der Waals surface area contributed by atoms with Crippen LogP contribution in [0, 0.1) is 6.92 Å². The van der Waals surface area contributed by atoms with Gasteiger partial charge in [0.2, 0.25) is 10.0 Å². The summed E-state index contributed by atoms with van der Waals surface area (Å²) in [5.41, 5.74) is 2.99. The van der Waals surface area contributed by atoms with Gasteiger partial charge in [0.05, 0.1) is 17.0 Å². The summed E-state index contributed by atoms with van der Waals surface area (Å²) in [6.45, 7) is 3.75. The van der Waals surface area contributed by atoms with Crippen LogP contribution in [0.15, 0.2) is 89.8 Å². The molecule has 0 aromatic heterocycles. The molecule has 0 bridgehead atoms. The minimum absolute atomic E-state index is 0.221. The van der Waals surface area contributed by atoms with Crippen molar-refractivity contribution in [2.45, 2.75) is 42.8 Å². The fraction of sp³-hybridized carbons (Fsp3) is 0.308. The van der Waals surface area contributed by atoms with E-state index in [0.29, 0.717) is 6.04 Å². The van der Waals surface area contributed by atoms with Crippen LogP contribution in [-0.2, 0) is 10.0 Å². The normalized spacial score (nSPS) is 18.3. The van der Waals surface area contributed by atoms with Crippen LogP contribution in [0.5, 0.6) is 0 Å². The van der Waals surface area contributed by atoms with Crippen molar-refractivity contribution in [3.8, 4) is 0 Å². The van der Waals surface area contributed by atoms with Crippen LogP contribution in [0.2, 0.25) is 0 Å². The molecule has 1 saturated heterocycles. The summed E-state index contributed by atoms with van der Waals surface area (Å²) < 4.78 is 29.8. The lowest BCUT2D eigenvalue weighted by atomic mass is 9.94. The summed E-state index contributed by atoms with van der Waals surface area (Å²) in [5, 5.41) is 7.19. The first-order valence-electron chi connectivity index (χ1n) is 11.2. The summed E-state index contributed by atoms with van der Waals surface area (Å²) in [6.07, 6.45) is 2.30. The van der Waals surface area contributed by atoms with Gasteiger partial charge in [0.1, 0.15) is 0 Å². The number of sulfonamides is 1. The first kappa shape index (κ1) is 22.7. The van der Waals surface area contributed by atoms with Gasteiger partial charge in [-0.1, -0.05) is 78.4 Å². The van der Waals surface area contributed by atoms with Crippen molar-refractivity contribution in [3.05, 3.63) is 102 Å². The summed E-state index contributed by atoms with van der Waals surface area (Å²) in [5.74, 6) is 0. The van der Waals surface area contributed by atoms with Gasteiger partial charge in [-0.05, 0) is 49.6 Å². The lowest BCUT2D eigenvalue weighted by molar-refractivity contribution is 0.399. The standard InChI is InChI=1S/C26H31N3O2S/c1-20-14-16-24(17-15-20)32(30,31)29-26(22-11-6-3-7-12-22)25(21-9-4-2-5-10-21)28-19-23-13-8-18-27-23/h2-7,9-12,14-17,23,25-29H,8,13,18-19H2,1H3/t23-,25-,26-/m0/s1. The Morgan fingerprint density at radius 3 is 2.03 bits per heavy atom. The molecule has 3 atom stereocenters. The lowest BCUT2D eigenvalue weighted by Crippen LogP contribution is -2.42. The molecule has 168 valence electrons. The molecule has 6 heteroatoms. The Hall–Kier alpha value is -2.51. The maximum absolute atomic E-state index is 13.4. The molecule has 1 aliphatic rings. The van der Waals surface area contributed by atoms with Gasteiger partial charge in [-0.2, -0.15) is 0 Å². The number of benzene rings is 3. The van der Waals surface area contributed by atoms with Gasteiger partial charge < -0.3 is 10.6 Å². The highest BCUT2D eigenvalue weighted by Gasteiger charge is 2.30. The molecule has 0 saturated carbocycles.